The molecule has 1 N–H and O–H groups in total. The van der Waals surface area contributed by atoms with Crippen molar-refractivity contribution in [1.82, 2.24) is 0 Å². The molecular weight excluding hydrogens is 368 g/mol. The Kier molecular flexibility index (Phi) is 4.26. The number of ether oxygens (including phenoxy) is 3. The van der Waals surface area contributed by atoms with Crippen LogP contribution in [0.1, 0.15) is 47.0 Å². The van der Waals surface area contributed by atoms with E-state index in [4.69, 9.17) is 14.2 Å². The highest BCUT2D eigenvalue weighted by molar-refractivity contribution is 8.01. The summed E-state index contributed by atoms with van der Waals surface area (Å²) in [5, 5.41) is 11.7. The Morgan fingerprint density at radius 3 is 2.52 bits per heavy atom. The fourth-order valence-electron chi connectivity index (χ4n) is 6.21. The summed E-state index contributed by atoms with van der Waals surface area (Å²) >= 11 is 1.53. The third kappa shape index (κ3) is 2.28. The molecule has 0 aromatic rings. The number of esters is 2. The summed E-state index contributed by atoms with van der Waals surface area (Å²) in [5.74, 6) is -0.870. The molecule has 2 aliphatic carbocycles. The van der Waals surface area contributed by atoms with Crippen molar-refractivity contribution >= 4 is 23.7 Å². The zero-order valence-corrected chi connectivity index (χ0v) is 17.3. The number of rotatable bonds is 3. The summed E-state index contributed by atoms with van der Waals surface area (Å²) in [6, 6.07) is 0. The van der Waals surface area contributed by atoms with Gasteiger partial charge in [0, 0.05) is 24.4 Å². The summed E-state index contributed by atoms with van der Waals surface area (Å²) in [7, 11) is 1.48. The molecule has 0 spiro atoms. The van der Waals surface area contributed by atoms with Gasteiger partial charge in [-0.25, -0.2) is 4.79 Å². The summed E-state index contributed by atoms with van der Waals surface area (Å²) < 4.78 is 15.9. The van der Waals surface area contributed by atoms with Gasteiger partial charge in [-0.15, -0.1) is 11.8 Å². The van der Waals surface area contributed by atoms with Crippen molar-refractivity contribution in [3.8, 4) is 0 Å². The highest BCUT2D eigenvalue weighted by Gasteiger charge is 2.75. The van der Waals surface area contributed by atoms with Crippen molar-refractivity contribution in [2.75, 3.05) is 7.11 Å². The van der Waals surface area contributed by atoms with Crippen LogP contribution in [-0.2, 0) is 23.8 Å². The first-order chi connectivity index (χ1) is 12.6. The third-order valence-corrected chi connectivity index (χ3v) is 8.59. The number of fused-ring (bicyclic) bond motifs is 2. The van der Waals surface area contributed by atoms with E-state index in [2.05, 4.69) is 6.92 Å². The van der Waals surface area contributed by atoms with E-state index >= 15 is 0 Å². The van der Waals surface area contributed by atoms with Crippen LogP contribution < -0.4 is 0 Å². The van der Waals surface area contributed by atoms with E-state index in [1.807, 2.05) is 20.8 Å². The van der Waals surface area contributed by atoms with E-state index in [9.17, 15) is 14.7 Å². The second-order valence-electron chi connectivity index (χ2n) is 9.00. The van der Waals surface area contributed by atoms with E-state index in [0.29, 0.717) is 0 Å². The number of carbonyl (C=O) groups excluding carboxylic acids is 2. The van der Waals surface area contributed by atoms with Crippen molar-refractivity contribution in [2.24, 2.45) is 16.7 Å². The van der Waals surface area contributed by atoms with Gasteiger partial charge in [0.05, 0.1) is 5.41 Å². The number of aliphatic hydroxyl groups is 1. The Morgan fingerprint density at radius 1 is 1.22 bits per heavy atom. The van der Waals surface area contributed by atoms with E-state index < -0.39 is 40.0 Å². The first kappa shape index (κ1) is 19.3. The lowest BCUT2D eigenvalue weighted by Gasteiger charge is -2.61. The SMILES string of the molecule is COC1OC(=O)C=C2C1(SC(C)C)C(O)[C@H]1OC(=O)C3(C)CCC[C@@]2(C)[C@@H]13. The Hall–Kier alpha value is -1.05. The third-order valence-electron chi connectivity index (χ3n) is 7.07. The first-order valence-corrected chi connectivity index (χ1v) is 10.5. The van der Waals surface area contributed by atoms with Crippen LogP contribution in [0, 0.1) is 16.7 Å². The molecule has 0 amide bonds. The predicted octanol–water partition coefficient (Wildman–Crippen LogP) is 2.44. The molecule has 4 rings (SSSR count). The zero-order chi connectivity index (χ0) is 19.8. The van der Waals surface area contributed by atoms with Crippen LogP contribution in [0.4, 0.5) is 0 Å². The van der Waals surface area contributed by atoms with Crippen molar-refractivity contribution in [3.63, 3.8) is 0 Å². The van der Waals surface area contributed by atoms with Crippen LogP contribution in [0.3, 0.4) is 0 Å². The minimum atomic E-state index is -1.02. The lowest BCUT2D eigenvalue weighted by molar-refractivity contribution is -0.201. The minimum Gasteiger partial charge on any atom is -0.459 e. The van der Waals surface area contributed by atoms with Crippen molar-refractivity contribution in [2.45, 2.75) is 75.5 Å². The summed E-state index contributed by atoms with van der Waals surface area (Å²) in [6.45, 7) is 8.13. The minimum absolute atomic E-state index is 0.143. The second kappa shape index (κ2) is 5.97. The van der Waals surface area contributed by atoms with E-state index in [1.165, 1.54) is 18.9 Å². The molecule has 2 aliphatic heterocycles. The second-order valence-corrected chi connectivity index (χ2v) is 10.9. The number of hydrogen-bond acceptors (Lipinski definition) is 7. The van der Waals surface area contributed by atoms with Crippen molar-refractivity contribution in [1.29, 1.82) is 0 Å². The van der Waals surface area contributed by atoms with Crippen LogP contribution in [0.25, 0.3) is 0 Å². The van der Waals surface area contributed by atoms with Gasteiger partial charge in [0.1, 0.15) is 17.0 Å². The van der Waals surface area contributed by atoms with Crippen LogP contribution in [0.2, 0.25) is 0 Å². The molecule has 150 valence electrons. The number of aliphatic hydroxyl groups excluding tert-OH is 1. The molecule has 0 aromatic heterocycles. The Balaban J connectivity index is 1.97. The topological polar surface area (TPSA) is 82.1 Å². The van der Waals surface area contributed by atoms with Gasteiger partial charge in [-0.05, 0) is 30.8 Å². The standard InChI is InChI=1S/C20H28O6S/c1-10(2)27-20-11(9-12(21)25-17(20)24-5)18(3)7-6-8-19(4)14(18)13(15(20)22)26-16(19)23/h9-10,13-15,17,22H,6-8H2,1-5H3/t13-,14+,15?,17?,18+,19?,20?/m0/s1. The average molecular weight is 397 g/mol. The molecule has 4 aliphatic rings. The zero-order valence-electron chi connectivity index (χ0n) is 16.5. The van der Waals surface area contributed by atoms with Crippen LogP contribution >= 0.6 is 11.8 Å². The quantitative estimate of drug-likeness (QED) is 0.734. The molecule has 2 saturated carbocycles. The van der Waals surface area contributed by atoms with Crippen LogP contribution in [0.15, 0.2) is 11.6 Å². The maximum absolute atomic E-state index is 12.8. The molecule has 0 bridgehead atoms. The van der Waals surface area contributed by atoms with Crippen LogP contribution in [-0.4, -0.2) is 52.6 Å². The fourth-order valence-corrected chi connectivity index (χ4v) is 7.93. The fraction of sp³-hybridized carbons (Fsp3) is 0.800. The average Bonchev–Trinajstić information content (AvgIpc) is 2.86. The number of cyclic esters (lactones) is 1. The Morgan fingerprint density at radius 2 is 1.89 bits per heavy atom. The first-order valence-electron chi connectivity index (χ1n) is 9.64. The maximum atomic E-state index is 12.8. The molecular formula is C20H28O6S. The summed E-state index contributed by atoms with van der Waals surface area (Å²) in [4.78, 5) is 25.2. The molecule has 6 nitrogen and oxygen atoms in total. The van der Waals surface area contributed by atoms with Gasteiger partial charge in [0.2, 0.25) is 6.29 Å². The number of thioether (sulfide) groups is 1. The molecule has 0 aromatic carbocycles. The Labute approximate surface area is 164 Å². The van der Waals surface area contributed by atoms with Gasteiger partial charge in [0.15, 0.2) is 0 Å². The Bertz CT molecular complexity index is 719. The van der Waals surface area contributed by atoms with Gasteiger partial charge < -0.3 is 19.3 Å². The molecule has 7 heteroatoms. The van der Waals surface area contributed by atoms with Gasteiger partial charge in [-0.3, -0.25) is 4.79 Å². The molecule has 2 heterocycles. The monoisotopic (exact) mass is 396 g/mol. The van der Waals surface area contributed by atoms with Gasteiger partial charge >= 0.3 is 11.9 Å². The number of methoxy groups -OCH3 is 1. The molecule has 3 fully saturated rings. The largest absolute Gasteiger partial charge is 0.459 e. The van der Waals surface area contributed by atoms with E-state index in [1.54, 1.807) is 6.08 Å². The van der Waals surface area contributed by atoms with Crippen LogP contribution in [0.5, 0.6) is 0 Å². The predicted molar refractivity (Wildman–Crippen MR) is 99.9 cm³/mol. The van der Waals surface area contributed by atoms with E-state index in [0.717, 1.165) is 24.8 Å². The lowest BCUT2D eigenvalue weighted by Crippen LogP contribution is -2.70. The lowest BCUT2D eigenvalue weighted by atomic mass is 9.47. The van der Waals surface area contributed by atoms with Crippen molar-refractivity contribution in [3.05, 3.63) is 11.6 Å². The van der Waals surface area contributed by atoms with Gasteiger partial charge in [-0.1, -0.05) is 27.2 Å². The molecule has 27 heavy (non-hydrogen) atoms. The molecule has 7 atom stereocenters. The number of hydrogen-bond donors (Lipinski definition) is 1. The molecule has 1 saturated heterocycles. The van der Waals surface area contributed by atoms with Gasteiger partial charge in [-0.2, -0.15) is 0 Å². The smallest absolute Gasteiger partial charge is 0.333 e. The molecule has 0 radical (unpaired) electrons. The normalized spacial score (nSPS) is 48.5. The summed E-state index contributed by atoms with van der Waals surface area (Å²) in [6.07, 6.45) is 1.40. The number of carbonyl (C=O) groups is 2. The highest BCUT2D eigenvalue weighted by atomic mass is 32.2. The van der Waals surface area contributed by atoms with E-state index in [-0.39, 0.29) is 17.1 Å². The van der Waals surface area contributed by atoms with Crippen molar-refractivity contribution < 1.29 is 28.9 Å². The highest BCUT2D eigenvalue weighted by Crippen LogP contribution is 2.69. The van der Waals surface area contributed by atoms with Gasteiger partial charge in [0.25, 0.3) is 0 Å². The maximum Gasteiger partial charge on any atom is 0.333 e. The summed E-state index contributed by atoms with van der Waals surface area (Å²) in [5.41, 5.74) is -0.242. The molecule has 4 unspecified atom stereocenters.